The van der Waals surface area contributed by atoms with Crippen LogP contribution in [0.3, 0.4) is 0 Å². The fraction of sp³-hybridized carbons (Fsp3) is 0.176. The Balaban J connectivity index is 2.15. The predicted molar refractivity (Wildman–Crippen MR) is 81.1 cm³/mol. The summed E-state index contributed by atoms with van der Waals surface area (Å²) in [5.74, 6) is -0.180. The molecular weight excluding hydrogens is 266 g/mol. The molecule has 0 fully saturated rings. The van der Waals surface area contributed by atoms with Crippen molar-refractivity contribution in [3.8, 4) is 0 Å². The fourth-order valence-electron chi connectivity index (χ4n) is 2.03. The summed E-state index contributed by atoms with van der Waals surface area (Å²) < 4.78 is 0. The maximum absolute atomic E-state index is 12.3. The van der Waals surface area contributed by atoms with Crippen LogP contribution in [0.4, 0.5) is 5.69 Å². The number of ketones is 1. The quantitative estimate of drug-likeness (QED) is 0.626. The van der Waals surface area contributed by atoms with Crippen LogP contribution in [-0.4, -0.2) is 18.8 Å². The van der Waals surface area contributed by atoms with Crippen LogP contribution in [0.25, 0.3) is 0 Å². The van der Waals surface area contributed by atoms with Crippen molar-refractivity contribution in [3.63, 3.8) is 0 Å². The van der Waals surface area contributed by atoms with E-state index in [9.17, 15) is 9.59 Å². The number of Topliss-reactive ketones (excluding diaryl/α,β-unsaturated/α-hetero) is 1. The van der Waals surface area contributed by atoms with Crippen LogP contribution in [0.15, 0.2) is 54.6 Å². The molecule has 0 spiro atoms. The Morgan fingerprint density at radius 2 is 1.62 bits per heavy atom. The van der Waals surface area contributed by atoms with Crippen molar-refractivity contribution in [1.82, 2.24) is 0 Å². The van der Waals surface area contributed by atoms with Crippen molar-refractivity contribution in [2.45, 2.75) is 13.3 Å². The lowest BCUT2D eigenvalue weighted by molar-refractivity contribution is -0.124. The first-order chi connectivity index (χ1) is 10.1. The minimum Gasteiger partial charge on any atom is -0.295 e. The van der Waals surface area contributed by atoms with E-state index in [2.05, 4.69) is 0 Å². The molecule has 0 saturated heterocycles. The number of anilines is 1. The SMILES string of the molecule is CON(C(=O)Cc1ccccc1)c1ccc(C(C)=O)cc1. The normalized spacial score (nSPS) is 10.2. The van der Waals surface area contributed by atoms with Gasteiger partial charge in [0, 0.05) is 5.56 Å². The topological polar surface area (TPSA) is 46.6 Å². The van der Waals surface area contributed by atoms with Crippen LogP contribution in [0, 0.1) is 0 Å². The highest BCUT2D eigenvalue weighted by Crippen LogP contribution is 2.17. The monoisotopic (exact) mass is 283 g/mol. The molecule has 1 amide bonds. The second-order valence-corrected chi connectivity index (χ2v) is 4.64. The highest BCUT2D eigenvalue weighted by molar-refractivity contribution is 5.96. The van der Waals surface area contributed by atoms with Crippen molar-refractivity contribution in [2.75, 3.05) is 12.2 Å². The molecule has 0 aliphatic carbocycles. The van der Waals surface area contributed by atoms with Gasteiger partial charge in [-0.15, -0.1) is 0 Å². The van der Waals surface area contributed by atoms with Crippen LogP contribution in [-0.2, 0) is 16.1 Å². The lowest BCUT2D eigenvalue weighted by Crippen LogP contribution is -2.31. The van der Waals surface area contributed by atoms with Gasteiger partial charge in [-0.05, 0) is 36.8 Å². The van der Waals surface area contributed by atoms with Gasteiger partial charge >= 0.3 is 0 Å². The van der Waals surface area contributed by atoms with Gasteiger partial charge in [0.05, 0.1) is 19.2 Å². The van der Waals surface area contributed by atoms with Gasteiger partial charge in [-0.2, -0.15) is 5.06 Å². The maximum Gasteiger partial charge on any atom is 0.255 e. The summed E-state index contributed by atoms with van der Waals surface area (Å²) in [4.78, 5) is 28.7. The van der Waals surface area contributed by atoms with E-state index in [0.29, 0.717) is 11.3 Å². The third kappa shape index (κ3) is 3.77. The maximum atomic E-state index is 12.3. The van der Waals surface area contributed by atoms with Gasteiger partial charge in [0.2, 0.25) is 0 Å². The lowest BCUT2D eigenvalue weighted by atomic mass is 10.1. The highest BCUT2D eigenvalue weighted by Gasteiger charge is 2.16. The number of amides is 1. The van der Waals surface area contributed by atoms with Gasteiger partial charge in [-0.3, -0.25) is 14.4 Å². The third-order valence-electron chi connectivity index (χ3n) is 3.12. The van der Waals surface area contributed by atoms with Crippen molar-refractivity contribution in [1.29, 1.82) is 0 Å². The van der Waals surface area contributed by atoms with Gasteiger partial charge < -0.3 is 0 Å². The van der Waals surface area contributed by atoms with Gasteiger partial charge in [0.1, 0.15) is 0 Å². The van der Waals surface area contributed by atoms with Crippen molar-refractivity contribution < 1.29 is 14.4 Å². The largest absolute Gasteiger partial charge is 0.295 e. The van der Waals surface area contributed by atoms with E-state index in [1.165, 1.54) is 19.1 Å². The van der Waals surface area contributed by atoms with Crippen molar-refractivity contribution in [3.05, 3.63) is 65.7 Å². The zero-order chi connectivity index (χ0) is 15.2. The van der Waals surface area contributed by atoms with Crippen LogP contribution >= 0.6 is 0 Å². The minimum atomic E-state index is -0.167. The number of carbonyl (C=O) groups excluding carboxylic acids is 2. The molecule has 108 valence electrons. The molecule has 0 heterocycles. The Morgan fingerprint density at radius 1 is 1.00 bits per heavy atom. The average molecular weight is 283 g/mol. The number of hydroxylamine groups is 1. The first kappa shape index (κ1) is 14.9. The van der Waals surface area contributed by atoms with Gasteiger partial charge in [-0.25, -0.2) is 0 Å². The van der Waals surface area contributed by atoms with Gasteiger partial charge in [-0.1, -0.05) is 30.3 Å². The molecule has 4 nitrogen and oxygen atoms in total. The molecule has 2 aromatic rings. The van der Waals surface area contributed by atoms with E-state index >= 15 is 0 Å². The predicted octanol–water partition coefficient (Wildman–Crippen LogP) is 3.03. The number of benzene rings is 2. The summed E-state index contributed by atoms with van der Waals surface area (Å²) in [6.45, 7) is 1.50. The number of hydrogen-bond donors (Lipinski definition) is 0. The molecule has 0 aliphatic heterocycles. The van der Waals surface area contributed by atoms with Crippen LogP contribution < -0.4 is 5.06 Å². The number of hydrogen-bond acceptors (Lipinski definition) is 3. The molecule has 2 rings (SSSR count). The Labute approximate surface area is 123 Å². The van der Waals surface area contributed by atoms with Crippen LogP contribution in [0.2, 0.25) is 0 Å². The minimum absolute atomic E-state index is 0.0128. The second kappa shape index (κ2) is 6.81. The van der Waals surface area contributed by atoms with E-state index in [1.807, 2.05) is 30.3 Å². The smallest absolute Gasteiger partial charge is 0.255 e. The molecule has 0 aliphatic rings. The summed E-state index contributed by atoms with van der Waals surface area (Å²) >= 11 is 0. The van der Waals surface area contributed by atoms with Crippen molar-refractivity contribution in [2.24, 2.45) is 0 Å². The third-order valence-corrected chi connectivity index (χ3v) is 3.12. The summed E-state index contributed by atoms with van der Waals surface area (Å²) in [6.07, 6.45) is 0.253. The Hall–Kier alpha value is -2.46. The van der Waals surface area contributed by atoms with E-state index in [0.717, 1.165) is 5.56 Å². The molecule has 2 aromatic carbocycles. The van der Waals surface area contributed by atoms with E-state index in [1.54, 1.807) is 24.3 Å². The number of carbonyl (C=O) groups is 2. The second-order valence-electron chi connectivity index (χ2n) is 4.64. The Kier molecular flexibility index (Phi) is 4.85. The van der Waals surface area contributed by atoms with Crippen LogP contribution in [0.1, 0.15) is 22.8 Å². The molecule has 4 heteroatoms. The first-order valence-electron chi connectivity index (χ1n) is 6.64. The molecule has 0 N–H and O–H groups in total. The molecular formula is C17H17NO3. The van der Waals surface area contributed by atoms with E-state index in [-0.39, 0.29) is 18.1 Å². The molecule has 0 saturated carbocycles. The molecule has 0 atom stereocenters. The molecule has 0 aromatic heterocycles. The summed E-state index contributed by atoms with van der Waals surface area (Å²) in [5, 5.41) is 1.23. The molecule has 0 bridgehead atoms. The highest BCUT2D eigenvalue weighted by atomic mass is 16.7. The van der Waals surface area contributed by atoms with Gasteiger partial charge in [0.25, 0.3) is 5.91 Å². The Morgan fingerprint density at radius 3 is 2.14 bits per heavy atom. The van der Waals surface area contributed by atoms with Crippen LogP contribution in [0.5, 0.6) is 0 Å². The fourth-order valence-corrected chi connectivity index (χ4v) is 2.03. The zero-order valence-electron chi connectivity index (χ0n) is 12.1. The average Bonchev–Trinajstić information content (AvgIpc) is 2.49. The zero-order valence-corrected chi connectivity index (χ0v) is 12.1. The summed E-state index contributed by atoms with van der Waals surface area (Å²) in [7, 11) is 1.45. The Bertz CT molecular complexity index is 620. The van der Waals surface area contributed by atoms with Gasteiger partial charge in [0.15, 0.2) is 5.78 Å². The number of rotatable bonds is 5. The first-order valence-corrected chi connectivity index (χ1v) is 6.64. The van der Waals surface area contributed by atoms with Crippen molar-refractivity contribution >= 4 is 17.4 Å². The molecule has 0 radical (unpaired) electrons. The lowest BCUT2D eigenvalue weighted by Gasteiger charge is -2.20. The standard InChI is InChI=1S/C17H17NO3/c1-13(19)15-8-10-16(11-9-15)18(21-2)17(20)12-14-6-4-3-5-7-14/h3-11H,12H2,1-2H3. The molecule has 21 heavy (non-hydrogen) atoms. The van der Waals surface area contributed by atoms with E-state index < -0.39 is 0 Å². The number of nitrogens with zero attached hydrogens (tertiary/aromatic N) is 1. The van der Waals surface area contributed by atoms with E-state index in [4.69, 9.17) is 4.84 Å². The summed E-state index contributed by atoms with van der Waals surface area (Å²) in [6, 6.07) is 16.2. The summed E-state index contributed by atoms with van der Waals surface area (Å²) in [5.41, 5.74) is 2.12. The molecule has 0 unspecified atom stereocenters.